The van der Waals surface area contributed by atoms with E-state index in [4.69, 9.17) is 0 Å². The van der Waals surface area contributed by atoms with Crippen molar-refractivity contribution in [2.24, 2.45) is 5.92 Å². The van der Waals surface area contributed by atoms with Crippen LogP contribution in [0.4, 0.5) is 0 Å². The van der Waals surface area contributed by atoms with Gasteiger partial charge in [0, 0.05) is 31.1 Å². The van der Waals surface area contributed by atoms with Crippen LogP contribution in [0, 0.1) is 5.92 Å². The predicted octanol–water partition coefficient (Wildman–Crippen LogP) is 2.67. The van der Waals surface area contributed by atoms with Gasteiger partial charge in [0.1, 0.15) is 6.04 Å². The minimum atomic E-state index is -0.901. The van der Waals surface area contributed by atoms with E-state index in [0.717, 1.165) is 44.2 Å². The van der Waals surface area contributed by atoms with E-state index in [1.807, 2.05) is 17.0 Å². The number of carbonyl (C=O) groups is 3. The predicted molar refractivity (Wildman–Crippen MR) is 99.0 cm³/mol. The van der Waals surface area contributed by atoms with Gasteiger partial charge in [0.2, 0.25) is 5.91 Å². The molecule has 1 N–H and O–H groups in total. The lowest BCUT2D eigenvalue weighted by molar-refractivity contribution is -0.141. The molecule has 0 spiro atoms. The minimum Gasteiger partial charge on any atom is -0.480 e. The van der Waals surface area contributed by atoms with Crippen LogP contribution in [0.5, 0.6) is 0 Å². The van der Waals surface area contributed by atoms with Gasteiger partial charge in [0.25, 0.3) is 5.91 Å². The van der Waals surface area contributed by atoms with Crippen molar-refractivity contribution >= 4 is 17.8 Å². The van der Waals surface area contributed by atoms with Crippen molar-refractivity contribution in [2.45, 2.75) is 63.6 Å². The number of rotatable bonds is 4. The van der Waals surface area contributed by atoms with E-state index in [-0.39, 0.29) is 17.9 Å². The molecule has 2 aliphatic heterocycles. The first-order valence-corrected chi connectivity index (χ1v) is 9.97. The summed E-state index contributed by atoms with van der Waals surface area (Å²) < 4.78 is 0. The first-order chi connectivity index (χ1) is 13.0. The Morgan fingerprint density at radius 3 is 2.48 bits per heavy atom. The SMILES string of the molecule is O=C(O)[C@@H]1C[C@@H]2CCCC[C@@H]2N1C(=O)c1ccc(CN2CCCC2=O)cc1. The molecule has 3 fully saturated rings. The molecule has 144 valence electrons. The lowest BCUT2D eigenvalue weighted by Crippen LogP contribution is -2.46. The zero-order chi connectivity index (χ0) is 19.0. The summed E-state index contributed by atoms with van der Waals surface area (Å²) in [5.74, 6) is -0.591. The molecule has 6 heteroatoms. The second kappa shape index (κ2) is 7.33. The molecule has 2 heterocycles. The summed E-state index contributed by atoms with van der Waals surface area (Å²) >= 11 is 0. The lowest BCUT2D eigenvalue weighted by atomic mass is 9.84. The maximum absolute atomic E-state index is 13.1. The number of carboxylic acids is 1. The fraction of sp³-hybridized carbons (Fsp3) is 0.571. The van der Waals surface area contributed by atoms with Gasteiger partial charge in [0.05, 0.1) is 0 Å². The highest BCUT2D eigenvalue weighted by atomic mass is 16.4. The first-order valence-electron chi connectivity index (χ1n) is 9.97. The molecule has 0 radical (unpaired) electrons. The maximum Gasteiger partial charge on any atom is 0.326 e. The second-order valence-electron chi connectivity index (χ2n) is 8.03. The molecule has 1 aromatic carbocycles. The van der Waals surface area contributed by atoms with Crippen LogP contribution in [-0.4, -0.2) is 51.3 Å². The lowest BCUT2D eigenvalue weighted by Gasteiger charge is -2.33. The number of carbonyl (C=O) groups excluding carboxylic acids is 2. The average Bonchev–Trinajstić information content (AvgIpc) is 3.25. The highest BCUT2D eigenvalue weighted by Gasteiger charge is 2.47. The first kappa shape index (κ1) is 18.0. The number of aliphatic carboxylic acids is 1. The van der Waals surface area contributed by atoms with Crippen LogP contribution >= 0.6 is 0 Å². The molecule has 2 saturated heterocycles. The van der Waals surface area contributed by atoms with Crippen LogP contribution in [0.15, 0.2) is 24.3 Å². The molecule has 1 aliphatic carbocycles. The van der Waals surface area contributed by atoms with Crippen LogP contribution in [0.1, 0.15) is 60.9 Å². The Balaban J connectivity index is 1.50. The topological polar surface area (TPSA) is 77.9 Å². The summed E-state index contributed by atoms with van der Waals surface area (Å²) in [6.45, 7) is 1.36. The number of hydrogen-bond acceptors (Lipinski definition) is 3. The summed E-state index contributed by atoms with van der Waals surface area (Å²) in [7, 11) is 0. The van der Waals surface area contributed by atoms with Crippen molar-refractivity contribution in [2.75, 3.05) is 6.54 Å². The molecule has 6 nitrogen and oxygen atoms in total. The molecule has 2 amide bonds. The Kier molecular flexibility index (Phi) is 4.89. The van der Waals surface area contributed by atoms with Gasteiger partial charge in [-0.3, -0.25) is 9.59 Å². The Morgan fingerprint density at radius 1 is 1.07 bits per heavy atom. The summed E-state index contributed by atoms with van der Waals surface area (Å²) in [6, 6.07) is 6.63. The average molecular weight is 370 g/mol. The quantitative estimate of drug-likeness (QED) is 0.884. The third-order valence-electron chi connectivity index (χ3n) is 6.35. The fourth-order valence-corrected chi connectivity index (χ4v) is 4.97. The summed E-state index contributed by atoms with van der Waals surface area (Å²) in [5.41, 5.74) is 1.53. The van der Waals surface area contributed by atoms with E-state index in [1.165, 1.54) is 0 Å². The highest BCUT2D eigenvalue weighted by molar-refractivity contribution is 5.97. The van der Waals surface area contributed by atoms with Gasteiger partial charge in [0.15, 0.2) is 0 Å². The molecule has 0 aromatic heterocycles. The monoisotopic (exact) mass is 370 g/mol. The molecule has 0 bridgehead atoms. The number of fused-ring (bicyclic) bond motifs is 1. The smallest absolute Gasteiger partial charge is 0.326 e. The largest absolute Gasteiger partial charge is 0.480 e. The van der Waals surface area contributed by atoms with Crippen LogP contribution in [0.2, 0.25) is 0 Å². The zero-order valence-corrected chi connectivity index (χ0v) is 15.5. The van der Waals surface area contributed by atoms with Gasteiger partial charge in [-0.15, -0.1) is 0 Å². The van der Waals surface area contributed by atoms with Gasteiger partial charge in [-0.2, -0.15) is 0 Å². The Labute approximate surface area is 159 Å². The molecule has 3 aliphatic rings. The zero-order valence-electron chi connectivity index (χ0n) is 15.5. The molecule has 1 saturated carbocycles. The fourth-order valence-electron chi connectivity index (χ4n) is 4.97. The van der Waals surface area contributed by atoms with Crippen LogP contribution in [0.3, 0.4) is 0 Å². The number of likely N-dealkylation sites (tertiary alicyclic amines) is 2. The summed E-state index contributed by atoms with van der Waals surface area (Å²) in [6.07, 6.45) is 6.19. The molecular formula is C21H26N2O4. The molecule has 3 atom stereocenters. The Hall–Kier alpha value is -2.37. The van der Waals surface area contributed by atoms with Crippen molar-refractivity contribution in [3.8, 4) is 0 Å². The van der Waals surface area contributed by atoms with E-state index < -0.39 is 12.0 Å². The van der Waals surface area contributed by atoms with Gasteiger partial charge in [-0.05, 0) is 49.3 Å². The molecule has 1 aromatic rings. The normalized spacial score (nSPS) is 27.7. The number of benzene rings is 1. The van der Waals surface area contributed by atoms with E-state index >= 15 is 0 Å². The van der Waals surface area contributed by atoms with Crippen molar-refractivity contribution in [3.63, 3.8) is 0 Å². The van der Waals surface area contributed by atoms with Gasteiger partial charge >= 0.3 is 5.97 Å². The molecule has 27 heavy (non-hydrogen) atoms. The number of carboxylic acid groups (broad SMARTS) is 1. The third kappa shape index (κ3) is 3.45. The second-order valence-corrected chi connectivity index (χ2v) is 8.03. The van der Waals surface area contributed by atoms with Crippen molar-refractivity contribution in [1.29, 1.82) is 0 Å². The number of amides is 2. The van der Waals surface area contributed by atoms with Crippen LogP contribution < -0.4 is 0 Å². The summed E-state index contributed by atoms with van der Waals surface area (Å²) in [5, 5.41) is 9.62. The number of nitrogens with zero attached hydrogens (tertiary/aromatic N) is 2. The van der Waals surface area contributed by atoms with Crippen LogP contribution in [0.25, 0.3) is 0 Å². The highest BCUT2D eigenvalue weighted by Crippen LogP contribution is 2.40. The maximum atomic E-state index is 13.1. The van der Waals surface area contributed by atoms with Crippen molar-refractivity contribution in [1.82, 2.24) is 9.80 Å². The number of hydrogen-bond donors (Lipinski definition) is 1. The third-order valence-corrected chi connectivity index (χ3v) is 6.35. The molecule has 0 unspecified atom stereocenters. The van der Waals surface area contributed by atoms with E-state index in [1.54, 1.807) is 17.0 Å². The van der Waals surface area contributed by atoms with Crippen molar-refractivity contribution in [3.05, 3.63) is 35.4 Å². The Bertz CT molecular complexity index is 745. The van der Waals surface area contributed by atoms with E-state index in [2.05, 4.69) is 0 Å². The minimum absolute atomic E-state index is 0.0502. The standard InChI is InChI=1S/C21H26N2O4/c24-19-6-3-11-22(19)13-14-7-9-15(10-8-14)20(25)23-17-5-2-1-4-16(17)12-18(23)21(26)27/h7-10,16-18H,1-6,11-13H2,(H,26,27)/t16-,17-,18-/m0/s1. The van der Waals surface area contributed by atoms with Gasteiger partial charge in [-0.1, -0.05) is 25.0 Å². The van der Waals surface area contributed by atoms with E-state index in [9.17, 15) is 19.5 Å². The van der Waals surface area contributed by atoms with Gasteiger partial charge < -0.3 is 14.9 Å². The Morgan fingerprint density at radius 2 is 1.81 bits per heavy atom. The van der Waals surface area contributed by atoms with Crippen molar-refractivity contribution < 1.29 is 19.5 Å². The van der Waals surface area contributed by atoms with E-state index in [0.29, 0.717) is 30.9 Å². The van der Waals surface area contributed by atoms with Crippen LogP contribution in [-0.2, 0) is 16.1 Å². The summed E-state index contributed by atoms with van der Waals surface area (Å²) in [4.78, 5) is 40.1. The molecule has 4 rings (SSSR count). The molecular weight excluding hydrogens is 344 g/mol. The van der Waals surface area contributed by atoms with Gasteiger partial charge in [-0.25, -0.2) is 4.79 Å².